The first-order chi connectivity index (χ1) is 27.5. The summed E-state index contributed by atoms with van der Waals surface area (Å²) in [6, 6.07) is 7.62. The lowest BCUT2D eigenvalue weighted by molar-refractivity contribution is -0.158. The van der Waals surface area contributed by atoms with Gasteiger partial charge in [-0.2, -0.15) is 5.26 Å². The highest BCUT2D eigenvalue weighted by Crippen LogP contribution is 2.64. The molecular weight excluding hydrogens is 753 g/mol. The summed E-state index contributed by atoms with van der Waals surface area (Å²) in [6.45, 7) is 5.38. The summed E-state index contributed by atoms with van der Waals surface area (Å²) >= 11 is 1.50. The summed E-state index contributed by atoms with van der Waals surface area (Å²) in [5.41, 5.74) is 4.56. The predicted molar refractivity (Wildman–Crippen MR) is 206 cm³/mol. The van der Waals surface area contributed by atoms with E-state index < -0.39 is 46.9 Å². The van der Waals surface area contributed by atoms with E-state index in [1.165, 1.54) is 18.7 Å². The monoisotopic (exact) mass is 794 g/mol. The van der Waals surface area contributed by atoms with Crippen LogP contribution < -0.4 is 29.0 Å². The molecule has 4 aromatic rings. The number of phenolic OH excluding ortho intramolecular Hbond substituents is 1. The van der Waals surface area contributed by atoms with Crippen LogP contribution in [0.2, 0.25) is 0 Å². The normalized spacial score (nSPS) is 28.5. The minimum absolute atomic E-state index is 0.0530. The number of esters is 2. The number of phenols is 1. The van der Waals surface area contributed by atoms with E-state index in [-0.39, 0.29) is 30.9 Å². The molecule has 296 valence electrons. The number of methoxy groups -OCH3 is 2. The van der Waals surface area contributed by atoms with Gasteiger partial charge in [0.25, 0.3) is 0 Å². The minimum atomic E-state index is -1.40. The van der Waals surface area contributed by atoms with Gasteiger partial charge in [-0.1, -0.05) is 6.07 Å². The van der Waals surface area contributed by atoms with E-state index in [1.54, 1.807) is 14.2 Å². The Morgan fingerprint density at radius 1 is 1.09 bits per heavy atom. The van der Waals surface area contributed by atoms with Crippen molar-refractivity contribution >= 4 is 34.7 Å². The van der Waals surface area contributed by atoms with Crippen molar-refractivity contribution in [3.63, 3.8) is 0 Å². The third kappa shape index (κ3) is 4.87. The van der Waals surface area contributed by atoms with Crippen LogP contribution in [-0.2, 0) is 32.7 Å². The Morgan fingerprint density at radius 3 is 2.65 bits per heavy atom. The van der Waals surface area contributed by atoms with Crippen molar-refractivity contribution in [2.24, 2.45) is 0 Å². The minimum Gasteiger partial charge on any atom is -0.504 e. The number of fused-ring (bicyclic) bond motifs is 11. The molecule has 2 N–H and O–H groups in total. The number of benzene rings is 3. The third-order valence-corrected chi connectivity index (χ3v) is 14.4. The maximum atomic E-state index is 14.9. The standard InChI is InChI=1S/C42H42N4O10S/c1-18-11-21-12-25-26(14-43)46-27-15-52-41(49)42(40-23(9-10-44-42)24-13-22(50-5)7-8-28(24)56-40)16-57-39(33(46)32(45(25)4)29(21)34(48)35(18)51-6)31-30(27)38-37(53-17-54-38)19(2)36(31)55-20(3)47/h7-8,11,13,25-27,32-33,39,44,48H,9-10,12,15-17H2,1-6H3/t25-,26-,27-,32+,33+,39+,42+/m0/s1. The third-order valence-electron chi connectivity index (χ3n) is 12.9. The lowest BCUT2D eigenvalue weighted by Gasteiger charge is -2.62. The number of likely N-dealkylation sites (N-methyl/N-ethyl adjacent to an activating group) is 1. The van der Waals surface area contributed by atoms with Gasteiger partial charge in [-0.05, 0) is 63.1 Å². The molecule has 7 atom stereocenters. The quantitative estimate of drug-likeness (QED) is 0.210. The number of aryl methyl sites for hydroxylation is 1. The van der Waals surface area contributed by atoms with Crippen LogP contribution in [0.25, 0.3) is 11.0 Å². The highest BCUT2D eigenvalue weighted by molar-refractivity contribution is 7.99. The van der Waals surface area contributed by atoms with E-state index in [2.05, 4.69) is 27.3 Å². The molecule has 0 radical (unpaired) electrons. The van der Waals surface area contributed by atoms with Crippen molar-refractivity contribution in [1.82, 2.24) is 15.1 Å². The Morgan fingerprint density at radius 2 is 1.89 bits per heavy atom. The molecule has 7 aliphatic heterocycles. The Labute approximate surface area is 332 Å². The van der Waals surface area contributed by atoms with Gasteiger partial charge in [0.2, 0.25) is 6.79 Å². The Balaban J connectivity index is 1.24. The number of thioether (sulfide) groups is 1. The second-order valence-corrected chi connectivity index (χ2v) is 16.8. The van der Waals surface area contributed by atoms with E-state index in [0.29, 0.717) is 76.2 Å². The van der Waals surface area contributed by atoms with E-state index in [0.717, 1.165) is 27.6 Å². The van der Waals surface area contributed by atoms with Gasteiger partial charge in [0, 0.05) is 64.5 Å². The number of carbonyl (C=O) groups excluding carboxylic acids is 2. The molecule has 7 aliphatic rings. The zero-order valence-electron chi connectivity index (χ0n) is 32.4. The number of nitriles is 1. The molecule has 0 aliphatic carbocycles. The molecule has 1 spiro atoms. The molecule has 15 heteroatoms. The first-order valence-electron chi connectivity index (χ1n) is 19.1. The first-order valence-corrected chi connectivity index (χ1v) is 20.1. The SMILES string of the molecule is COc1ccc2oc3c(c2c1)CCN[C@]31CS[C@@H]2c3c(OC(C)=O)c(C)c4c(c3[C@H](COC1=O)N1[C@@H]2[C@H]2c3c(cc(C)c(OC)c3O)C[C@@H]([C@@H]1C#N)N2C)OCO4. The van der Waals surface area contributed by atoms with Crippen LogP contribution in [0, 0.1) is 25.2 Å². The number of furan rings is 1. The van der Waals surface area contributed by atoms with Gasteiger partial charge in [-0.15, -0.1) is 11.8 Å². The molecule has 11 rings (SSSR count). The molecule has 8 heterocycles. The summed E-state index contributed by atoms with van der Waals surface area (Å²) in [5, 5.41) is 27.1. The van der Waals surface area contributed by atoms with Crippen molar-refractivity contribution in [2.75, 3.05) is 47.0 Å². The Hall–Kier alpha value is -5.14. The van der Waals surface area contributed by atoms with Gasteiger partial charge in [0.15, 0.2) is 28.5 Å². The summed E-state index contributed by atoms with van der Waals surface area (Å²) in [5.74, 6) is 2.01. The van der Waals surface area contributed by atoms with Crippen LogP contribution in [0.15, 0.2) is 28.7 Å². The van der Waals surface area contributed by atoms with Crippen molar-refractivity contribution in [3.05, 3.63) is 69.0 Å². The molecule has 2 fully saturated rings. The number of nitrogens with zero attached hydrogens (tertiary/aromatic N) is 3. The van der Waals surface area contributed by atoms with Crippen molar-refractivity contribution in [1.29, 1.82) is 5.26 Å². The first kappa shape index (κ1) is 36.2. The molecule has 4 bridgehead atoms. The molecule has 0 unspecified atom stereocenters. The summed E-state index contributed by atoms with van der Waals surface area (Å²) in [4.78, 5) is 32.2. The van der Waals surface area contributed by atoms with Crippen LogP contribution >= 0.6 is 11.8 Å². The highest BCUT2D eigenvalue weighted by atomic mass is 32.2. The number of hydrogen-bond acceptors (Lipinski definition) is 15. The van der Waals surface area contributed by atoms with E-state index in [4.69, 9.17) is 32.8 Å². The van der Waals surface area contributed by atoms with Crippen LogP contribution in [-0.4, -0.2) is 91.9 Å². The number of rotatable bonds is 3. The number of hydrogen-bond donors (Lipinski definition) is 2. The molecule has 0 saturated carbocycles. The highest BCUT2D eigenvalue weighted by Gasteiger charge is 2.62. The van der Waals surface area contributed by atoms with Crippen molar-refractivity contribution in [2.45, 2.75) is 74.6 Å². The second-order valence-electron chi connectivity index (χ2n) is 15.7. The number of nitrogens with one attached hydrogen (secondary N) is 1. The van der Waals surface area contributed by atoms with Gasteiger partial charge < -0.3 is 37.9 Å². The number of aromatic hydroxyl groups is 1. The number of carbonyl (C=O) groups is 2. The zero-order valence-corrected chi connectivity index (χ0v) is 33.2. The van der Waals surface area contributed by atoms with Gasteiger partial charge >= 0.3 is 11.9 Å². The smallest absolute Gasteiger partial charge is 0.335 e. The molecule has 2 saturated heterocycles. The van der Waals surface area contributed by atoms with Gasteiger partial charge in [-0.3, -0.25) is 19.9 Å². The maximum Gasteiger partial charge on any atom is 0.335 e. The predicted octanol–water partition coefficient (Wildman–Crippen LogP) is 5.03. The topological polar surface area (TPSA) is 165 Å². The summed E-state index contributed by atoms with van der Waals surface area (Å²) in [6.07, 6.45) is 1.12. The van der Waals surface area contributed by atoms with E-state index in [9.17, 15) is 20.0 Å². The van der Waals surface area contributed by atoms with Crippen LogP contribution in [0.5, 0.6) is 34.5 Å². The van der Waals surface area contributed by atoms with Crippen LogP contribution in [0.1, 0.15) is 69.0 Å². The van der Waals surface area contributed by atoms with Crippen LogP contribution in [0.4, 0.5) is 0 Å². The number of piperazine rings is 1. The van der Waals surface area contributed by atoms with Crippen LogP contribution in [0.3, 0.4) is 0 Å². The average Bonchev–Trinajstić information content (AvgIpc) is 3.84. The fourth-order valence-corrected chi connectivity index (χ4v) is 12.3. The summed E-state index contributed by atoms with van der Waals surface area (Å²) in [7, 11) is 5.16. The van der Waals surface area contributed by atoms with Gasteiger partial charge in [-0.25, -0.2) is 4.79 Å². The van der Waals surface area contributed by atoms with E-state index in [1.807, 2.05) is 39.1 Å². The molecule has 0 amide bonds. The fourth-order valence-electron chi connectivity index (χ4n) is 10.6. The van der Waals surface area contributed by atoms with Gasteiger partial charge in [0.05, 0.1) is 37.6 Å². The van der Waals surface area contributed by atoms with Crippen molar-refractivity contribution in [3.8, 4) is 40.6 Å². The van der Waals surface area contributed by atoms with Gasteiger partial charge in [0.1, 0.15) is 35.5 Å². The van der Waals surface area contributed by atoms with Crippen molar-refractivity contribution < 1.29 is 47.5 Å². The largest absolute Gasteiger partial charge is 0.504 e. The second kappa shape index (κ2) is 12.9. The number of ether oxygens (including phenoxy) is 6. The fraction of sp³-hybridized carbons (Fsp3) is 0.452. The Kier molecular flexibility index (Phi) is 8.22. The molecule has 1 aromatic heterocycles. The molecule has 57 heavy (non-hydrogen) atoms. The lowest BCUT2D eigenvalue weighted by Crippen LogP contribution is -2.69. The lowest BCUT2D eigenvalue weighted by atomic mass is 9.71. The molecular formula is C42H42N4O10S. The molecule has 3 aromatic carbocycles. The summed E-state index contributed by atoms with van der Waals surface area (Å²) < 4.78 is 42.9. The van der Waals surface area contributed by atoms with E-state index >= 15 is 0 Å². The average molecular weight is 795 g/mol. The Bertz CT molecular complexity index is 2460. The molecule has 14 nitrogen and oxygen atoms in total. The zero-order chi connectivity index (χ0) is 39.7. The maximum absolute atomic E-state index is 14.9.